The summed E-state index contributed by atoms with van der Waals surface area (Å²) in [6.07, 6.45) is 2.07. The van der Waals surface area contributed by atoms with Crippen molar-refractivity contribution >= 4 is 11.0 Å². The fourth-order valence-electron chi connectivity index (χ4n) is 3.22. The first-order valence-electron chi connectivity index (χ1n) is 8.63. The van der Waals surface area contributed by atoms with Crippen LogP contribution >= 0.6 is 0 Å². The lowest BCUT2D eigenvalue weighted by atomic mass is 10.0. The molecule has 0 atom stereocenters. The second-order valence-corrected chi connectivity index (χ2v) is 6.30. The molecule has 0 spiro atoms. The first-order valence-corrected chi connectivity index (χ1v) is 8.63. The molecule has 3 rings (SSSR count). The number of hydrogen-bond donors (Lipinski definition) is 1. The zero-order valence-corrected chi connectivity index (χ0v) is 14.8. The molecule has 0 bridgehead atoms. The number of H-pyrrole nitrogens is 1. The summed E-state index contributed by atoms with van der Waals surface area (Å²) in [5.74, 6) is 0.745. The van der Waals surface area contributed by atoms with Gasteiger partial charge >= 0.3 is 5.69 Å². The third-order valence-corrected chi connectivity index (χ3v) is 4.84. The van der Waals surface area contributed by atoms with Crippen LogP contribution in [0.3, 0.4) is 0 Å². The van der Waals surface area contributed by atoms with Gasteiger partial charge in [0, 0.05) is 12.1 Å². The summed E-state index contributed by atoms with van der Waals surface area (Å²) in [6.45, 7) is 4.99. The van der Waals surface area contributed by atoms with Crippen molar-refractivity contribution in [3.8, 4) is 16.9 Å². The van der Waals surface area contributed by atoms with Crippen LogP contribution in [-0.2, 0) is 6.54 Å². The van der Waals surface area contributed by atoms with Gasteiger partial charge in [0.15, 0.2) is 0 Å². The van der Waals surface area contributed by atoms with Gasteiger partial charge in [-0.05, 0) is 41.8 Å². The van der Waals surface area contributed by atoms with Gasteiger partial charge in [0.25, 0.3) is 0 Å². The quantitative estimate of drug-likeness (QED) is 0.713. The van der Waals surface area contributed by atoms with Gasteiger partial charge in [-0.2, -0.15) is 0 Å². The molecule has 0 amide bonds. The highest BCUT2D eigenvalue weighted by atomic mass is 19.1. The van der Waals surface area contributed by atoms with Crippen LogP contribution < -0.4 is 10.4 Å². The zero-order valence-electron chi connectivity index (χ0n) is 14.8. The van der Waals surface area contributed by atoms with Crippen molar-refractivity contribution in [2.24, 2.45) is 5.92 Å². The van der Waals surface area contributed by atoms with E-state index in [-0.39, 0.29) is 11.5 Å². The molecule has 0 fully saturated rings. The van der Waals surface area contributed by atoms with Gasteiger partial charge in [0.2, 0.25) is 0 Å². The summed E-state index contributed by atoms with van der Waals surface area (Å²) in [4.78, 5) is 15.3. The molecule has 0 aliphatic rings. The minimum absolute atomic E-state index is 0.106. The summed E-state index contributed by atoms with van der Waals surface area (Å²) in [7, 11) is 1.56. The molecule has 132 valence electrons. The fraction of sp³-hybridized carbons (Fsp3) is 0.350. The minimum atomic E-state index is -0.323. The number of nitrogens with one attached hydrogen (secondary N) is 1. The van der Waals surface area contributed by atoms with Crippen molar-refractivity contribution in [3.63, 3.8) is 0 Å². The van der Waals surface area contributed by atoms with Crippen LogP contribution in [0.4, 0.5) is 4.39 Å². The number of benzene rings is 2. The number of methoxy groups -OCH3 is 1. The maximum absolute atomic E-state index is 13.7. The second kappa shape index (κ2) is 7.13. The van der Waals surface area contributed by atoms with Crippen LogP contribution in [0.2, 0.25) is 0 Å². The van der Waals surface area contributed by atoms with Crippen molar-refractivity contribution in [2.75, 3.05) is 7.11 Å². The molecule has 3 aromatic rings. The van der Waals surface area contributed by atoms with Crippen LogP contribution in [-0.4, -0.2) is 16.7 Å². The third-order valence-electron chi connectivity index (χ3n) is 4.84. The molecular weight excluding hydrogens is 319 g/mol. The van der Waals surface area contributed by atoms with Gasteiger partial charge < -0.3 is 9.72 Å². The lowest BCUT2D eigenvalue weighted by molar-refractivity contribution is 0.415. The topological polar surface area (TPSA) is 47.0 Å². The summed E-state index contributed by atoms with van der Waals surface area (Å²) in [6, 6.07) is 10.1. The van der Waals surface area contributed by atoms with E-state index in [2.05, 4.69) is 18.8 Å². The van der Waals surface area contributed by atoms with Crippen molar-refractivity contribution in [1.82, 2.24) is 9.55 Å². The molecule has 2 aromatic carbocycles. The van der Waals surface area contributed by atoms with E-state index in [1.54, 1.807) is 17.7 Å². The number of hydrogen-bond acceptors (Lipinski definition) is 2. The second-order valence-electron chi connectivity index (χ2n) is 6.30. The van der Waals surface area contributed by atoms with Gasteiger partial charge in [0.1, 0.15) is 11.6 Å². The SMILES string of the molecule is CCC(CC)Cn1c(=O)[nH]c2cc(-c3cc(F)ccc3OC)ccc21. The predicted octanol–water partition coefficient (Wildman–Crippen LogP) is 4.58. The Bertz CT molecular complexity index is 939. The van der Waals surface area contributed by atoms with Crippen molar-refractivity contribution in [3.05, 3.63) is 52.7 Å². The number of aromatic amines is 1. The molecule has 0 radical (unpaired) electrons. The molecule has 0 unspecified atom stereocenters. The van der Waals surface area contributed by atoms with E-state index < -0.39 is 0 Å². The summed E-state index contributed by atoms with van der Waals surface area (Å²) in [5.41, 5.74) is 2.99. The summed E-state index contributed by atoms with van der Waals surface area (Å²) in [5, 5.41) is 0. The third kappa shape index (κ3) is 3.31. The van der Waals surface area contributed by atoms with Crippen LogP contribution in [0.15, 0.2) is 41.2 Å². The van der Waals surface area contributed by atoms with Crippen molar-refractivity contribution < 1.29 is 9.13 Å². The molecule has 1 N–H and O–H groups in total. The van der Waals surface area contributed by atoms with Gasteiger partial charge in [0.05, 0.1) is 18.1 Å². The Morgan fingerprint density at radius 2 is 1.92 bits per heavy atom. The summed E-state index contributed by atoms with van der Waals surface area (Å²) < 4.78 is 20.8. The van der Waals surface area contributed by atoms with E-state index in [0.29, 0.717) is 23.8 Å². The molecule has 0 saturated heterocycles. The number of rotatable bonds is 6. The van der Waals surface area contributed by atoms with Crippen LogP contribution in [0, 0.1) is 11.7 Å². The Labute approximate surface area is 146 Å². The number of imidazole rings is 1. The lowest BCUT2D eigenvalue weighted by Crippen LogP contribution is -2.21. The Balaban J connectivity index is 2.08. The number of nitrogens with zero attached hydrogens (tertiary/aromatic N) is 1. The molecule has 0 saturated carbocycles. The summed E-state index contributed by atoms with van der Waals surface area (Å²) >= 11 is 0. The van der Waals surface area contributed by atoms with E-state index in [0.717, 1.165) is 29.4 Å². The number of ether oxygens (including phenoxy) is 1. The van der Waals surface area contributed by atoms with Crippen LogP contribution in [0.1, 0.15) is 26.7 Å². The molecule has 1 heterocycles. The fourth-order valence-corrected chi connectivity index (χ4v) is 3.22. The normalized spacial score (nSPS) is 11.4. The first kappa shape index (κ1) is 17.3. The van der Waals surface area contributed by atoms with Gasteiger partial charge in [-0.1, -0.05) is 32.8 Å². The number of fused-ring (bicyclic) bond motifs is 1. The zero-order chi connectivity index (χ0) is 18.0. The van der Waals surface area contributed by atoms with E-state index >= 15 is 0 Å². The largest absolute Gasteiger partial charge is 0.496 e. The average Bonchev–Trinajstić information content (AvgIpc) is 2.93. The molecule has 25 heavy (non-hydrogen) atoms. The van der Waals surface area contributed by atoms with Gasteiger partial charge in [-0.3, -0.25) is 4.57 Å². The first-order chi connectivity index (χ1) is 12.1. The smallest absolute Gasteiger partial charge is 0.326 e. The Kier molecular flexibility index (Phi) is 4.93. The van der Waals surface area contributed by atoms with E-state index in [1.165, 1.54) is 12.1 Å². The highest BCUT2D eigenvalue weighted by molar-refractivity contribution is 5.83. The molecule has 4 nitrogen and oxygen atoms in total. The van der Waals surface area contributed by atoms with Gasteiger partial charge in [-0.15, -0.1) is 0 Å². The van der Waals surface area contributed by atoms with Crippen molar-refractivity contribution in [1.29, 1.82) is 0 Å². The lowest BCUT2D eigenvalue weighted by Gasteiger charge is -2.13. The highest BCUT2D eigenvalue weighted by Crippen LogP contribution is 2.32. The molecule has 1 aromatic heterocycles. The monoisotopic (exact) mass is 342 g/mol. The number of aromatic nitrogens is 2. The van der Waals surface area contributed by atoms with Crippen molar-refractivity contribution in [2.45, 2.75) is 33.2 Å². The standard InChI is InChI=1S/C20H23FN2O2/c1-4-13(5-2)12-23-18-8-6-14(10-17(18)22-20(23)24)16-11-15(21)7-9-19(16)25-3/h6-11,13H,4-5,12H2,1-3H3,(H,22,24). The minimum Gasteiger partial charge on any atom is -0.496 e. The van der Waals surface area contributed by atoms with Crippen LogP contribution in [0.5, 0.6) is 5.75 Å². The van der Waals surface area contributed by atoms with E-state index in [1.807, 2.05) is 18.2 Å². The molecule has 0 aliphatic heterocycles. The maximum Gasteiger partial charge on any atom is 0.326 e. The molecular formula is C20H23FN2O2. The predicted molar refractivity (Wildman–Crippen MR) is 98.6 cm³/mol. The molecule has 5 heteroatoms. The average molecular weight is 342 g/mol. The Morgan fingerprint density at radius 3 is 2.60 bits per heavy atom. The Morgan fingerprint density at radius 1 is 1.16 bits per heavy atom. The van der Waals surface area contributed by atoms with Crippen LogP contribution in [0.25, 0.3) is 22.2 Å². The highest BCUT2D eigenvalue weighted by Gasteiger charge is 2.13. The Hall–Kier alpha value is -2.56. The molecule has 0 aliphatic carbocycles. The van der Waals surface area contributed by atoms with Gasteiger partial charge in [-0.25, -0.2) is 9.18 Å². The maximum atomic E-state index is 13.7. The number of halogens is 1. The van der Waals surface area contributed by atoms with E-state index in [9.17, 15) is 9.18 Å². The van der Waals surface area contributed by atoms with E-state index in [4.69, 9.17) is 4.74 Å².